The van der Waals surface area contributed by atoms with E-state index in [4.69, 9.17) is 0 Å². The van der Waals surface area contributed by atoms with Crippen LogP contribution in [-0.2, 0) is 16.1 Å². The molecule has 3 rings (SSSR count). The maximum absolute atomic E-state index is 13.5. The van der Waals surface area contributed by atoms with Gasteiger partial charge in [-0.2, -0.15) is 0 Å². The first-order valence-electron chi connectivity index (χ1n) is 12.0. The van der Waals surface area contributed by atoms with E-state index in [1.165, 1.54) is 11.8 Å². The Labute approximate surface area is 218 Å². The second kappa shape index (κ2) is 12.5. The number of benzene rings is 2. The number of carbonyl (C=O) groups excluding carboxylic acids is 2. The van der Waals surface area contributed by atoms with Gasteiger partial charge >= 0.3 is 0 Å². The van der Waals surface area contributed by atoms with Crippen LogP contribution >= 0.6 is 11.8 Å². The highest BCUT2D eigenvalue weighted by Gasteiger charge is 2.29. The van der Waals surface area contributed by atoms with Crippen LogP contribution in [0, 0.1) is 20.8 Å². The monoisotopic (exact) mass is 505 g/mol. The summed E-state index contributed by atoms with van der Waals surface area (Å²) in [6.07, 6.45) is 0.490. The highest BCUT2D eigenvalue weighted by molar-refractivity contribution is 7.99. The van der Waals surface area contributed by atoms with Gasteiger partial charge in [0.25, 0.3) is 0 Å². The highest BCUT2D eigenvalue weighted by atomic mass is 32.2. The fourth-order valence-corrected chi connectivity index (χ4v) is 4.76. The van der Waals surface area contributed by atoms with Crippen LogP contribution in [0.4, 0.5) is 11.4 Å². The zero-order chi connectivity index (χ0) is 26.2. The minimum Gasteiger partial charge on any atom is -0.378 e. The summed E-state index contributed by atoms with van der Waals surface area (Å²) in [7, 11) is 3.94. The molecule has 0 radical (unpaired) electrons. The van der Waals surface area contributed by atoms with Gasteiger partial charge in [0.15, 0.2) is 5.16 Å². The average Bonchev–Trinajstić information content (AvgIpc) is 2.83. The number of rotatable bonds is 10. The number of hydrogen-bond acceptors (Lipinski definition) is 6. The van der Waals surface area contributed by atoms with E-state index in [1.54, 1.807) is 4.90 Å². The van der Waals surface area contributed by atoms with Crippen molar-refractivity contribution in [2.24, 2.45) is 0 Å². The molecule has 0 aliphatic heterocycles. The van der Waals surface area contributed by atoms with Gasteiger partial charge in [-0.15, -0.1) is 0 Å². The third kappa shape index (κ3) is 7.31. The van der Waals surface area contributed by atoms with E-state index in [9.17, 15) is 9.59 Å². The molecule has 1 unspecified atom stereocenters. The lowest BCUT2D eigenvalue weighted by Crippen LogP contribution is -2.47. The molecule has 2 amide bonds. The Bertz CT molecular complexity index is 1180. The number of hydrogen-bond donors (Lipinski definition) is 1. The number of amides is 2. The van der Waals surface area contributed by atoms with E-state index in [0.717, 1.165) is 28.2 Å². The summed E-state index contributed by atoms with van der Waals surface area (Å²) in [6, 6.07) is 16.9. The Morgan fingerprint density at radius 2 is 1.61 bits per heavy atom. The van der Waals surface area contributed by atoms with Crippen LogP contribution in [0.5, 0.6) is 0 Å². The molecule has 0 aliphatic carbocycles. The zero-order valence-electron chi connectivity index (χ0n) is 21.9. The maximum atomic E-state index is 13.5. The van der Waals surface area contributed by atoms with E-state index < -0.39 is 6.04 Å². The van der Waals surface area contributed by atoms with Crippen LogP contribution < -0.4 is 10.2 Å². The third-order valence-electron chi connectivity index (χ3n) is 5.93. The fourth-order valence-electron chi connectivity index (χ4n) is 3.93. The van der Waals surface area contributed by atoms with Crippen LogP contribution in [0.3, 0.4) is 0 Å². The first-order valence-corrected chi connectivity index (χ1v) is 13.0. The molecule has 1 N–H and O–H groups in total. The highest BCUT2D eigenvalue weighted by Crippen LogP contribution is 2.21. The van der Waals surface area contributed by atoms with Crippen molar-refractivity contribution in [1.29, 1.82) is 0 Å². The Morgan fingerprint density at radius 1 is 0.972 bits per heavy atom. The molecule has 0 spiro atoms. The normalized spacial score (nSPS) is 11.6. The van der Waals surface area contributed by atoms with Crippen molar-refractivity contribution in [2.75, 3.05) is 30.1 Å². The zero-order valence-corrected chi connectivity index (χ0v) is 22.7. The van der Waals surface area contributed by atoms with Crippen molar-refractivity contribution in [2.45, 2.75) is 51.9 Å². The molecule has 8 heteroatoms. The number of carbonyl (C=O) groups is 2. The molecule has 0 saturated heterocycles. The summed E-state index contributed by atoms with van der Waals surface area (Å²) >= 11 is 1.30. The molecule has 0 aliphatic rings. The quantitative estimate of drug-likeness (QED) is 0.308. The van der Waals surface area contributed by atoms with Gasteiger partial charge in [-0.05, 0) is 68.7 Å². The van der Waals surface area contributed by atoms with Gasteiger partial charge in [-0.25, -0.2) is 9.97 Å². The second-order valence-electron chi connectivity index (χ2n) is 9.02. The Hall–Kier alpha value is -3.39. The van der Waals surface area contributed by atoms with Crippen molar-refractivity contribution in [1.82, 2.24) is 14.9 Å². The predicted molar refractivity (Wildman–Crippen MR) is 147 cm³/mol. The van der Waals surface area contributed by atoms with Crippen molar-refractivity contribution < 1.29 is 9.59 Å². The molecular formula is C28H35N5O2S. The van der Waals surface area contributed by atoms with Gasteiger partial charge in [0.2, 0.25) is 11.8 Å². The molecule has 0 bridgehead atoms. The lowest BCUT2D eigenvalue weighted by atomic mass is 10.1. The van der Waals surface area contributed by atoms with Gasteiger partial charge in [0.05, 0.1) is 5.75 Å². The molecule has 3 aromatic rings. The standard InChI is InChI=1S/C28H35N5O2S/c1-7-25(27(35)31-23-12-14-24(15-13-23)32(5)6)33(17-22-11-9-8-10-19(22)2)26(34)18-36-28-29-20(3)16-21(4)30-28/h8-16,25H,7,17-18H2,1-6H3,(H,31,35). The summed E-state index contributed by atoms with van der Waals surface area (Å²) in [6.45, 7) is 8.12. The largest absolute Gasteiger partial charge is 0.378 e. The van der Waals surface area contributed by atoms with E-state index in [1.807, 2.05) is 101 Å². The minimum absolute atomic E-state index is 0.129. The summed E-state index contributed by atoms with van der Waals surface area (Å²) < 4.78 is 0. The van der Waals surface area contributed by atoms with E-state index in [2.05, 4.69) is 15.3 Å². The Morgan fingerprint density at radius 3 is 2.19 bits per heavy atom. The number of nitrogens with zero attached hydrogens (tertiary/aromatic N) is 4. The lowest BCUT2D eigenvalue weighted by Gasteiger charge is -2.31. The topological polar surface area (TPSA) is 78.4 Å². The van der Waals surface area contributed by atoms with Gasteiger partial charge in [-0.3, -0.25) is 9.59 Å². The number of nitrogens with one attached hydrogen (secondary N) is 1. The maximum Gasteiger partial charge on any atom is 0.247 e. The molecule has 1 atom stereocenters. The number of aromatic nitrogens is 2. The van der Waals surface area contributed by atoms with Crippen molar-refractivity contribution in [3.05, 3.63) is 77.1 Å². The summed E-state index contributed by atoms with van der Waals surface area (Å²) in [5, 5.41) is 3.57. The SMILES string of the molecule is CCC(C(=O)Nc1ccc(N(C)C)cc1)N(Cc1ccccc1C)C(=O)CSc1nc(C)cc(C)n1. The van der Waals surface area contributed by atoms with E-state index in [-0.39, 0.29) is 17.6 Å². The Balaban J connectivity index is 1.82. The molecule has 190 valence electrons. The van der Waals surface area contributed by atoms with E-state index in [0.29, 0.717) is 23.8 Å². The fraction of sp³-hybridized carbons (Fsp3) is 0.357. The Kier molecular flexibility index (Phi) is 9.47. The van der Waals surface area contributed by atoms with E-state index >= 15 is 0 Å². The molecule has 0 saturated carbocycles. The lowest BCUT2D eigenvalue weighted by molar-refractivity contribution is -0.137. The number of thioether (sulfide) groups is 1. The van der Waals surface area contributed by atoms with Crippen LogP contribution in [0.25, 0.3) is 0 Å². The molecule has 2 aromatic carbocycles. The first kappa shape index (κ1) is 27.2. The van der Waals surface area contributed by atoms with Gasteiger partial charge < -0.3 is 15.1 Å². The summed E-state index contributed by atoms with van der Waals surface area (Å²) in [5.74, 6) is -0.184. The summed E-state index contributed by atoms with van der Waals surface area (Å²) in [5.41, 5.74) is 5.56. The number of aryl methyl sites for hydroxylation is 3. The van der Waals surface area contributed by atoms with Crippen LogP contribution in [-0.4, -0.2) is 52.6 Å². The van der Waals surface area contributed by atoms with Crippen molar-refractivity contribution in [3.63, 3.8) is 0 Å². The third-order valence-corrected chi connectivity index (χ3v) is 6.76. The predicted octanol–water partition coefficient (Wildman–Crippen LogP) is 5.01. The first-order chi connectivity index (χ1) is 17.2. The van der Waals surface area contributed by atoms with Crippen LogP contribution in [0.2, 0.25) is 0 Å². The van der Waals surface area contributed by atoms with Gasteiger partial charge in [0, 0.05) is 43.4 Å². The van der Waals surface area contributed by atoms with Crippen molar-refractivity contribution in [3.8, 4) is 0 Å². The smallest absolute Gasteiger partial charge is 0.247 e. The minimum atomic E-state index is -0.619. The average molecular weight is 506 g/mol. The second-order valence-corrected chi connectivity index (χ2v) is 9.97. The molecule has 1 aromatic heterocycles. The molecule has 0 fully saturated rings. The van der Waals surface area contributed by atoms with Gasteiger partial charge in [-0.1, -0.05) is 43.0 Å². The van der Waals surface area contributed by atoms with Crippen molar-refractivity contribution >= 4 is 35.0 Å². The molecule has 36 heavy (non-hydrogen) atoms. The van der Waals surface area contributed by atoms with Crippen LogP contribution in [0.15, 0.2) is 59.8 Å². The molecule has 1 heterocycles. The molecular weight excluding hydrogens is 470 g/mol. The number of anilines is 2. The summed E-state index contributed by atoms with van der Waals surface area (Å²) in [4.78, 5) is 39.5. The van der Waals surface area contributed by atoms with Crippen LogP contribution in [0.1, 0.15) is 35.9 Å². The van der Waals surface area contributed by atoms with Gasteiger partial charge in [0.1, 0.15) is 6.04 Å². The molecule has 7 nitrogen and oxygen atoms in total.